The molecule has 1 aromatic rings. The zero-order valence-electron chi connectivity index (χ0n) is 15.1. The SMILES string of the molecule is Cc1cc(C=C2SC(=O)NC2=O)cc(C)c1OCC1(C)CCCCC1. The molecule has 0 spiro atoms. The van der Waals surface area contributed by atoms with E-state index >= 15 is 0 Å². The Hall–Kier alpha value is -1.75. The molecule has 4 nitrogen and oxygen atoms in total. The second-order valence-corrected chi connectivity index (χ2v) is 8.51. The number of thioether (sulfide) groups is 1. The highest BCUT2D eigenvalue weighted by Gasteiger charge is 2.28. The van der Waals surface area contributed by atoms with Crippen molar-refractivity contribution in [2.45, 2.75) is 52.9 Å². The largest absolute Gasteiger partial charge is 0.492 e. The molecule has 1 aliphatic carbocycles. The zero-order chi connectivity index (χ0) is 18.0. The third-order valence-electron chi connectivity index (χ3n) is 5.05. The van der Waals surface area contributed by atoms with Crippen LogP contribution in [-0.2, 0) is 4.79 Å². The normalized spacial score (nSPS) is 21.5. The first-order valence-corrected chi connectivity index (χ1v) is 9.67. The van der Waals surface area contributed by atoms with Gasteiger partial charge in [-0.15, -0.1) is 0 Å². The first-order chi connectivity index (χ1) is 11.9. The van der Waals surface area contributed by atoms with Gasteiger partial charge in [-0.1, -0.05) is 26.2 Å². The average molecular weight is 359 g/mol. The molecule has 0 atom stereocenters. The van der Waals surface area contributed by atoms with Gasteiger partial charge in [0.25, 0.3) is 11.1 Å². The third-order valence-corrected chi connectivity index (χ3v) is 5.86. The molecule has 134 valence electrons. The second-order valence-electron chi connectivity index (χ2n) is 7.50. The number of ether oxygens (including phenoxy) is 1. The van der Waals surface area contributed by atoms with Gasteiger partial charge in [-0.2, -0.15) is 0 Å². The lowest BCUT2D eigenvalue weighted by atomic mass is 9.76. The van der Waals surface area contributed by atoms with Gasteiger partial charge in [0.1, 0.15) is 5.75 Å². The van der Waals surface area contributed by atoms with Gasteiger partial charge in [-0.3, -0.25) is 14.9 Å². The topological polar surface area (TPSA) is 55.4 Å². The van der Waals surface area contributed by atoms with Gasteiger partial charge >= 0.3 is 0 Å². The number of nitrogens with one attached hydrogen (secondary N) is 1. The predicted octanol–water partition coefficient (Wildman–Crippen LogP) is 4.98. The molecule has 2 fully saturated rings. The summed E-state index contributed by atoms with van der Waals surface area (Å²) in [5.74, 6) is 0.615. The number of carbonyl (C=O) groups is 2. The Kier molecular flexibility index (Phi) is 5.23. The molecular weight excluding hydrogens is 334 g/mol. The molecule has 1 heterocycles. The van der Waals surface area contributed by atoms with Crippen LogP contribution in [0.15, 0.2) is 17.0 Å². The minimum Gasteiger partial charge on any atom is -0.492 e. The van der Waals surface area contributed by atoms with Crippen LogP contribution in [0, 0.1) is 19.3 Å². The summed E-state index contributed by atoms with van der Waals surface area (Å²) < 4.78 is 6.21. The number of hydrogen-bond acceptors (Lipinski definition) is 4. The van der Waals surface area contributed by atoms with Crippen LogP contribution < -0.4 is 10.1 Å². The van der Waals surface area contributed by atoms with Crippen molar-refractivity contribution in [1.82, 2.24) is 5.32 Å². The first-order valence-electron chi connectivity index (χ1n) is 8.85. The van der Waals surface area contributed by atoms with Gasteiger partial charge in [0, 0.05) is 5.41 Å². The number of amides is 2. The number of aryl methyl sites for hydroxylation is 2. The maximum absolute atomic E-state index is 11.7. The smallest absolute Gasteiger partial charge is 0.290 e. The summed E-state index contributed by atoms with van der Waals surface area (Å²) >= 11 is 0.943. The molecule has 1 N–H and O–H groups in total. The number of rotatable bonds is 4. The molecule has 0 unspecified atom stereocenters. The number of imide groups is 1. The Bertz CT molecular complexity index is 709. The van der Waals surface area contributed by atoms with Crippen molar-refractivity contribution in [1.29, 1.82) is 0 Å². The second kappa shape index (κ2) is 7.24. The fourth-order valence-electron chi connectivity index (χ4n) is 3.66. The number of hydrogen-bond donors (Lipinski definition) is 1. The van der Waals surface area contributed by atoms with Crippen molar-refractivity contribution in [3.05, 3.63) is 33.7 Å². The Morgan fingerprint density at radius 2 is 1.80 bits per heavy atom. The molecule has 1 aliphatic heterocycles. The number of carbonyl (C=O) groups excluding carboxylic acids is 2. The van der Waals surface area contributed by atoms with E-state index in [0.29, 0.717) is 4.91 Å². The molecule has 0 radical (unpaired) electrons. The summed E-state index contributed by atoms with van der Waals surface area (Å²) in [6.45, 7) is 7.13. The Morgan fingerprint density at radius 3 is 2.36 bits per heavy atom. The maximum atomic E-state index is 11.7. The monoisotopic (exact) mass is 359 g/mol. The lowest BCUT2D eigenvalue weighted by Crippen LogP contribution is -2.28. The Morgan fingerprint density at radius 1 is 1.16 bits per heavy atom. The molecule has 1 aromatic carbocycles. The summed E-state index contributed by atoms with van der Waals surface area (Å²) in [6.07, 6.45) is 8.15. The van der Waals surface area contributed by atoms with Crippen LogP contribution in [0.4, 0.5) is 4.79 Å². The third kappa shape index (κ3) is 4.27. The van der Waals surface area contributed by atoms with Gasteiger partial charge in [0.2, 0.25) is 0 Å². The Labute approximate surface area is 153 Å². The number of benzene rings is 1. The minimum atomic E-state index is -0.323. The summed E-state index contributed by atoms with van der Waals surface area (Å²) in [4.78, 5) is 23.4. The summed E-state index contributed by atoms with van der Waals surface area (Å²) in [6, 6.07) is 4.02. The van der Waals surface area contributed by atoms with E-state index in [-0.39, 0.29) is 16.6 Å². The van der Waals surface area contributed by atoms with Crippen LogP contribution in [-0.4, -0.2) is 17.8 Å². The fraction of sp³-hybridized carbons (Fsp3) is 0.500. The lowest BCUT2D eigenvalue weighted by Gasteiger charge is -2.33. The molecule has 3 rings (SSSR count). The van der Waals surface area contributed by atoms with Gasteiger partial charge in [0.15, 0.2) is 0 Å². The summed E-state index contributed by atoms with van der Waals surface area (Å²) in [7, 11) is 0. The average Bonchev–Trinajstić information content (AvgIpc) is 2.84. The van der Waals surface area contributed by atoms with Crippen LogP contribution in [0.25, 0.3) is 6.08 Å². The molecular formula is C20H25NO3S. The van der Waals surface area contributed by atoms with Crippen LogP contribution in [0.5, 0.6) is 5.75 Å². The van der Waals surface area contributed by atoms with E-state index in [1.54, 1.807) is 6.08 Å². The van der Waals surface area contributed by atoms with E-state index in [2.05, 4.69) is 12.2 Å². The first kappa shape index (κ1) is 18.1. The van der Waals surface area contributed by atoms with Gasteiger partial charge in [-0.05, 0) is 73.4 Å². The lowest BCUT2D eigenvalue weighted by molar-refractivity contribution is -0.115. The maximum Gasteiger partial charge on any atom is 0.290 e. The molecule has 25 heavy (non-hydrogen) atoms. The highest BCUT2D eigenvalue weighted by molar-refractivity contribution is 8.18. The molecule has 2 amide bonds. The molecule has 2 aliphatic rings. The van der Waals surface area contributed by atoms with E-state index in [4.69, 9.17) is 4.74 Å². The van der Waals surface area contributed by atoms with Crippen molar-refractivity contribution >= 4 is 29.0 Å². The van der Waals surface area contributed by atoms with Crippen LogP contribution in [0.3, 0.4) is 0 Å². The molecule has 0 bridgehead atoms. The molecule has 1 saturated carbocycles. The van der Waals surface area contributed by atoms with Crippen LogP contribution in [0.2, 0.25) is 0 Å². The fourth-order valence-corrected chi connectivity index (χ4v) is 4.35. The predicted molar refractivity (Wildman–Crippen MR) is 102 cm³/mol. The van der Waals surface area contributed by atoms with Gasteiger partial charge < -0.3 is 4.74 Å². The summed E-state index contributed by atoms with van der Waals surface area (Å²) in [5, 5.41) is 1.97. The molecule has 5 heteroatoms. The van der Waals surface area contributed by atoms with Gasteiger partial charge in [-0.25, -0.2) is 0 Å². The quantitative estimate of drug-likeness (QED) is 0.771. The zero-order valence-corrected chi connectivity index (χ0v) is 15.9. The van der Waals surface area contributed by atoms with Crippen LogP contribution >= 0.6 is 11.8 Å². The van der Waals surface area contributed by atoms with E-state index in [9.17, 15) is 9.59 Å². The van der Waals surface area contributed by atoms with Crippen molar-refractivity contribution < 1.29 is 14.3 Å². The van der Waals surface area contributed by atoms with E-state index in [1.165, 1.54) is 32.1 Å². The standard InChI is InChI=1S/C20H25NO3S/c1-13-9-15(11-16-18(22)21-19(23)25-16)10-14(2)17(13)24-12-20(3)7-5-4-6-8-20/h9-11H,4-8,12H2,1-3H3,(H,21,22,23). The van der Waals surface area contributed by atoms with Gasteiger partial charge in [0.05, 0.1) is 11.5 Å². The van der Waals surface area contributed by atoms with Crippen LogP contribution in [0.1, 0.15) is 55.7 Å². The van der Waals surface area contributed by atoms with Crippen molar-refractivity contribution in [3.63, 3.8) is 0 Å². The van der Waals surface area contributed by atoms with E-state index in [1.807, 2.05) is 26.0 Å². The summed E-state index contributed by atoms with van der Waals surface area (Å²) in [5.41, 5.74) is 3.30. The van der Waals surface area contributed by atoms with Crippen molar-refractivity contribution in [2.24, 2.45) is 5.41 Å². The highest BCUT2D eigenvalue weighted by Crippen LogP contribution is 2.37. The minimum absolute atomic E-state index is 0.275. The van der Waals surface area contributed by atoms with E-state index < -0.39 is 0 Å². The van der Waals surface area contributed by atoms with Crippen molar-refractivity contribution in [2.75, 3.05) is 6.61 Å². The Balaban J connectivity index is 1.75. The van der Waals surface area contributed by atoms with Crippen molar-refractivity contribution in [3.8, 4) is 5.75 Å². The highest BCUT2D eigenvalue weighted by atomic mass is 32.2. The van der Waals surface area contributed by atoms with E-state index in [0.717, 1.165) is 40.8 Å². The molecule has 0 aromatic heterocycles. The molecule has 1 saturated heterocycles.